The lowest BCUT2D eigenvalue weighted by Crippen LogP contribution is -2.30. The van der Waals surface area contributed by atoms with Gasteiger partial charge in [0.2, 0.25) is 5.91 Å². The number of benzene rings is 1. The van der Waals surface area contributed by atoms with Gasteiger partial charge in [-0.15, -0.1) is 0 Å². The van der Waals surface area contributed by atoms with Crippen molar-refractivity contribution in [3.63, 3.8) is 0 Å². The molecule has 4 heteroatoms. The molecule has 0 fully saturated rings. The van der Waals surface area contributed by atoms with Crippen LogP contribution < -0.4 is 9.47 Å². The summed E-state index contributed by atoms with van der Waals surface area (Å²) in [5.74, 6) is 1.82. The third kappa shape index (κ3) is 5.15. The molecule has 2 rings (SSSR count). The molecule has 0 aromatic heterocycles. The molecular weight excluding hydrogens is 290 g/mol. The van der Waals surface area contributed by atoms with Crippen LogP contribution in [0.15, 0.2) is 18.2 Å². The Balaban J connectivity index is 1.90. The van der Waals surface area contributed by atoms with Crippen molar-refractivity contribution in [2.45, 2.75) is 58.9 Å². The van der Waals surface area contributed by atoms with Crippen LogP contribution in [0.25, 0.3) is 0 Å². The summed E-state index contributed by atoms with van der Waals surface area (Å²) in [5, 5.41) is 0. The molecule has 0 unspecified atom stereocenters. The molecule has 1 aliphatic rings. The average molecular weight is 319 g/mol. The van der Waals surface area contributed by atoms with Crippen molar-refractivity contribution >= 4 is 5.91 Å². The minimum absolute atomic E-state index is 0.235. The van der Waals surface area contributed by atoms with Gasteiger partial charge >= 0.3 is 0 Å². The molecule has 0 saturated carbocycles. The van der Waals surface area contributed by atoms with Crippen molar-refractivity contribution in [2.75, 3.05) is 19.8 Å². The molecule has 0 atom stereocenters. The highest BCUT2D eigenvalue weighted by atomic mass is 16.6. The summed E-state index contributed by atoms with van der Waals surface area (Å²) >= 11 is 0. The highest BCUT2D eigenvalue weighted by molar-refractivity contribution is 5.76. The maximum absolute atomic E-state index is 12.4. The van der Waals surface area contributed by atoms with Gasteiger partial charge in [-0.3, -0.25) is 4.79 Å². The van der Waals surface area contributed by atoms with Crippen LogP contribution >= 0.6 is 0 Å². The van der Waals surface area contributed by atoms with E-state index in [9.17, 15) is 4.79 Å². The summed E-state index contributed by atoms with van der Waals surface area (Å²) in [6.45, 7) is 6.71. The van der Waals surface area contributed by atoms with Crippen LogP contribution in [-0.4, -0.2) is 30.6 Å². The van der Waals surface area contributed by atoms with Gasteiger partial charge in [-0.1, -0.05) is 44.7 Å². The summed E-state index contributed by atoms with van der Waals surface area (Å²) in [4.78, 5) is 14.3. The highest BCUT2D eigenvalue weighted by Crippen LogP contribution is 2.34. The maximum Gasteiger partial charge on any atom is 0.222 e. The van der Waals surface area contributed by atoms with Gasteiger partial charge < -0.3 is 14.4 Å². The number of para-hydroxylation sites is 1. The molecule has 23 heavy (non-hydrogen) atoms. The Labute approximate surface area is 139 Å². The number of hydrogen-bond donors (Lipinski definition) is 0. The van der Waals surface area contributed by atoms with Crippen molar-refractivity contribution in [1.82, 2.24) is 4.90 Å². The van der Waals surface area contributed by atoms with Gasteiger partial charge in [-0.25, -0.2) is 0 Å². The molecule has 0 aliphatic carbocycles. The topological polar surface area (TPSA) is 38.8 Å². The van der Waals surface area contributed by atoms with Crippen LogP contribution in [0.5, 0.6) is 11.5 Å². The number of nitrogens with zero attached hydrogens (tertiary/aromatic N) is 1. The fourth-order valence-corrected chi connectivity index (χ4v) is 2.88. The first-order chi connectivity index (χ1) is 11.3. The van der Waals surface area contributed by atoms with Gasteiger partial charge in [-0.2, -0.15) is 0 Å². The summed E-state index contributed by atoms with van der Waals surface area (Å²) in [7, 11) is 0. The van der Waals surface area contributed by atoms with Crippen molar-refractivity contribution < 1.29 is 14.3 Å². The largest absolute Gasteiger partial charge is 0.486 e. The Morgan fingerprint density at radius 3 is 2.65 bits per heavy atom. The first kappa shape index (κ1) is 17.6. The molecule has 0 spiro atoms. The molecule has 1 heterocycles. The van der Waals surface area contributed by atoms with Gasteiger partial charge in [0, 0.05) is 25.1 Å². The highest BCUT2D eigenvalue weighted by Gasteiger charge is 2.19. The number of amides is 1. The fraction of sp³-hybridized carbons (Fsp3) is 0.632. The summed E-state index contributed by atoms with van der Waals surface area (Å²) in [6, 6.07) is 5.90. The predicted molar refractivity (Wildman–Crippen MR) is 91.9 cm³/mol. The summed E-state index contributed by atoms with van der Waals surface area (Å²) in [5.41, 5.74) is 1.03. The molecule has 0 bridgehead atoms. The van der Waals surface area contributed by atoms with Gasteiger partial charge in [0.25, 0.3) is 0 Å². The molecule has 0 saturated heterocycles. The number of carbonyl (C=O) groups excluding carboxylic acids is 1. The minimum atomic E-state index is 0.235. The van der Waals surface area contributed by atoms with E-state index in [1.54, 1.807) is 0 Å². The van der Waals surface area contributed by atoms with Crippen LogP contribution in [0.2, 0.25) is 0 Å². The van der Waals surface area contributed by atoms with Gasteiger partial charge in [0.1, 0.15) is 13.2 Å². The van der Waals surface area contributed by atoms with Crippen LogP contribution in [0.3, 0.4) is 0 Å². The lowest BCUT2D eigenvalue weighted by atomic mass is 10.1. The second-order valence-electron chi connectivity index (χ2n) is 6.01. The molecular formula is C19H29NO3. The molecule has 1 amide bonds. The third-order valence-electron chi connectivity index (χ3n) is 4.24. The van der Waals surface area contributed by atoms with Gasteiger partial charge in [0.05, 0.1) is 0 Å². The number of unbranched alkanes of at least 4 members (excludes halogenated alkanes) is 4. The van der Waals surface area contributed by atoms with Crippen molar-refractivity contribution in [1.29, 1.82) is 0 Å². The Morgan fingerprint density at radius 1 is 1.09 bits per heavy atom. The Bertz CT molecular complexity index is 501. The normalized spacial score (nSPS) is 13.0. The first-order valence-electron chi connectivity index (χ1n) is 8.91. The average Bonchev–Trinajstić information content (AvgIpc) is 2.59. The van der Waals surface area contributed by atoms with Gasteiger partial charge in [0.15, 0.2) is 11.5 Å². The Morgan fingerprint density at radius 2 is 1.87 bits per heavy atom. The maximum atomic E-state index is 12.4. The Hall–Kier alpha value is -1.71. The molecule has 0 radical (unpaired) electrons. The predicted octanol–water partition coefficient (Wildman–Crippen LogP) is 4.17. The zero-order valence-corrected chi connectivity index (χ0v) is 14.5. The van der Waals surface area contributed by atoms with Crippen molar-refractivity contribution in [3.05, 3.63) is 23.8 Å². The third-order valence-corrected chi connectivity index (χ3v) is 4.24. The van der Waals surface area contributed by atoms with E-state index in [2.05, 4.69) is 6.92 Å². The molecule has 4 nitrogen and oxygen atoms in total. The standard InChI is InChI=1S/C19H29NO3/c1-3-5-6-7-8-12-18(21)20(4-2)15-16-10-9-11-17-19(16)23-14-13-22-17/h9-11H,3-8,12-15H2,1-2H3. The second-order valence-corrected chi connectivity index (χ2v) is 6.01. The number of fused-ring (bicyclic) bond motifs is 1. The van der Waals surface area contributed by atoms with Crippen molar-refractivity contribution in [3.8, 4) is 11.5 Å². The van der Waals surface area contributed by atoms with E-state index < -0.39 is 0 Å². The SMILES string of the molecule is CCCCCCCC(=O)N(CC)Cc1cccc2c1OCCO2. The number of carbonyl (C=O) groups is 1. The van der Waals surface area contributed by atoms with E-state index in [1.165, 1.54) is 19.3 Å². The van der Waals surface area contributed by atoms with E-state index in [0.717, 1.165) is 36.4 Å². The molecule has 1 aromatic rings. The van der Waals surface area contributed by atoms with Crippen LogP contribution in [0.1, 0.15) is 57.9 Å². The number of ether oxygens (including phenoxy) is 2. The van der Waals surface area contributed by atoms with Crippen LogP contribution in [0, 0.1) is 0 Å². The van der Waals surface area contributed by atoms with E-state index in [1.807, 2.05) is 30.0 Å². The number of rotatable bonds is 9. The summed E-state index contributed by atoms with van der Waals surface area (Å²) in [6.07, 6.45) is 6.50. The lowest BCUT2D eigenvalue weighted by Gasteiger charge is -2.25. The number of hydrogen-bond acceptors (Lipinski definition) is 3. The molecule has 0 N–H and O–H groups in total. The minimum Gasteiger partial charge on any atom is -0.486 e. The van der Waals surface area contributed by atoms with Crippen LogP contribution in [0.4, 0.5) is 0 Å². The van der Waals surface area contributed by atoms with E-state index in [4.69, 9.17) is 9.47 Å². The smallest absolute Gasteiger partial charge is 0.222 e. The van der Waals surface area contributed by atoms with E-state index in [0.29, 0.717) is 26.2 Å². The van der Waals surface area contributed by atoms with Gasteiger partial charge in [-0.05, 0) is 19.4 Å². The second kappa shape index (κ2) is 9.43. The fourth-order valence-electron chi connectivity index (χ4n) is 2.88. The zero-order chi connectivity index (χ0) is 16.5. The summed E-state index contributed by atoms with van der Waals surface area (Å²) < 4.78 is 11.4. The first-order valence-corrected chi connectivity index (χ1v) is 8.91. The van der Waals surface area contributed by atoms with Crippen molar-refractivity contribution in [2.24, 2.45) is 0 Å². The zero-order valence-electron chi connectivity index (χ0n) is 14.5. The Kier molecular flexibility index (Phi) is 7.24. The van der Waals surface area contributed by atoms with E-state index >= 15 is 0 Å². The molecule has 1 aromatic carbocycles. The van der Waals surface area contributed by atoms with Crippen LogP contribution in [-0.2, 0) is 11.3 Å². The molecule has 1 aliphatic heterocycles. The molecule has 128 valence electrons. The quantitative estimate of drug-likeness (QED) is 0.641. The monoisotopic (exact) mass is 319 g/mol. The van der Waals surface area contributed by atoms with E-state index in [-0.39, 0.29) is 5.91 Å². The lowest BCUT2D eigenvalue weighted by molar-refractivity contribution is -0.131.